The molecule has 1 atom stereocenters. The van der Waals surface area contributed by atoms with E-state index in [9.17, 15) is 14.4 Å². The minimum atomic E-state index is -1.08. The Kier molecular flexibility index (Phi) is 5.36. The normalized spacial score (nSPS) is 19.8. The molecule has 1 aromatic rings. The number of nitrogens with one attached hydrogen (secondary N) is 1. The van der Waals surface area contributed by atoms with Gasteiger partial charge in [-0.2, -0.15) is 0 Å². The molecule has 6 nitrogen and oxygen atoms in total. The Morgan fingerprint density at radius 2 is 1.84 bits per heavy atom. The minimum absolute atomic E-state index is 0.291. The number of carboxylic acid groups (broad SMARTS) is 1. The molecule has 1 saturated carbocycles. The van der Waals surface area contributed by atoms with Crippen LogP contribution in [-0.2, 0) is 14.4 Å². The third kappa shape index (κ3) is 4.00. The Balaban J connectivity index is 1.72. The van der Waals surface area contributed by atoms with E-state index in [1.807, 2.05) is 24.3 Å². The molecule has 1 fully saturated rings. The molecule has 1 aliphatic carbocycles. The van der Waals surface area contributed by atoms with Crippen LogP contribution in [0.4, 0.5) is 5.69 Å². The maximum absolute atomic E-state index is 12.7. The molecule has 0 radical (unpaired) electrons. The molecule has 0 aromatic heterocycles. The van der Waals surface area contributed by atoms with Crippen molar-refractivity contribution in [2.24, 2.45) is 5.92 Å². The van der Waals surface area contributed by atoms with Crippen LogP contribution in [0, 0.1) is 5.92 Å². The molecular formula is C19H24N2O4. The van der Waals surface area contributed by atoms with E-state index in [0.717, 1.165) is 36.9 Å². The van der Waals surface area contributed by atoms with E-state index in [1.54, 1.807) is 0 Å². The molecule has 0 bridgehead atoms. The van der Waals surface area contributed by atoms with Gasteiger partial charge in [0.25, 0.3) is 5.91 Å². The smallest absolute Gasteiger partial charge is 0.323 e. The van der Waals surface area contributed by atoms with E-state index in [0.29, 0.717) is 19.0 Å². The summed E-state index contributed by atoms with van der Waals surface area (Å²) in [6.07, 6.45) is 5.38. The number of carboxylic acids is 1. The predicted molar refractivity (Wildman–Crippen MR) is 93.5 cm³/mol. The second-order valence-corrected chi connectivity index (χ2v) is 6.97. The highest BCUT2D eigenvalue weighted by Crippen LogP contribution is 2.32. The second kappa shape index (κ2) is 7.68. The first-order valence-electron chi connectivity index (χ1n) is 8.94. The quantitative estimate of drug-likeness (QED) is 0.773. The van der Waals surface area contributed by atoms with Gasteiger partial charge in [0.2, 0.25) is 5.78 Å². The third-order valence-electron chi connectivity index (χ3n) is 5.18. The summed E-state index contributed by atoms with van der Waals surface area (Å²) in [7, 11) is 0. The van der Waals surface area contributed by atoms with Crippen molar-refractivity contribution in [1.82, 2.24) is 4.90 Å². The van der Waals surface area contributed by atoms with Crippen LogP contribution in [0.3, 0.4) is 0 Å². The monoisotopic (exact) mass is 344 g/mol. The third-order valence-corrected chi connectivity index (χ3v) is 5.18. The number of carbonyl (C=O) groups excluding carboxylic acids is 2. The predicted octanol–water partition coefficient (Wildman–Crippen LogP) is 2.26. The number of carbonyl (C=O) groups is 3. The molecule has 0 saturated heterocycles. The van der Waals surface area contributed by atoms with Crippen LogP contribution in [0.1, 0.15) is 43.6 Å². The number of fused-ring (bicyclic) bond motifs is 1. The molecule has 134 valence electrons. The molecule has 2 aliphatic rings. The zero-order valence-electron chi connectivity index (χ0n) is 14.2. The summed E-state index contributed by atoms with van der Waals surface area (Å²) in [4.78, 5) is 37.9. The van der Waals surface area contributed by atoms with E-state index in [2.05, 4.69) is 5.32 Å². The minimum Gasteiger partial charge on any atom is -0.480 e. The number of aliphatic carboxylic acids is 1. The van der Waals surface area contributed by atoms with Gasteiger partial charge in [0.15, 0.2) is 0 Å². The Labute approximate surface area is 147 Å². The van der Waals surface area contributed by atoms with Gasteiger partial charge in [-0.15, -0.1) is 0 Å². The zero-order chi connectivity index (χ0) is 17.8. The van der Waals surface area contributed by atoms with Gasteiger partial charge in [0.1, 0.15) is 6.54 Å². The van der Waals surface area contributed by atoms with Crippen LogP contribution in [0.5, 0.6) is 0 Å². The van der Waals surface area contributed by atoms with Gasteiger partial charge in [-0.05, 0) is 30.4 Å². The topological polar surface area (TPSA) is 86.7 Å². The van der Waals surface area contributed by atoms with E-state index in [1.165, 1.54) is 11.3 Å². The molecule has 3 rings (SSSR count). The van der Waals surface area contributed by atoms with Crippen LogP contribution < -0.4 is 5.32 Å². The fourth-order valence-electron chi connectivity index (χ4n) is 3.89. The highest BCUT2D eigenvalue weighted by Gasteiger charge is 2.36. The number of Topliss-reactive ketones (excluding diaryl/α,β-unsaturated/α-hetero) is 1. The summed E-state index contributed by atoms with van der Waals surface area (Å²) in [5.74, 6) is -2.52. The number of hydrogen-bond acceptors (Lipinski definition) is 4. The molecule has 0 spiro atoms. The number of rotatable bonds is 6. The Bertz CT molecular complexity index is 667. The van der Waals surface area contributed by atoms with Gasteiger partial charge in [0.05, 0.1) is 5.92 Å². The van der Waals surface area contributed by atoms with Crippen molar-refractivity contribution in [3.63, 3.8) is 0 Å². The number of hydrogen-bond donors (Lipinski definition) is 2. The Hall–Kier alpha value is -2.37. The molecule has 25 heavy (non-hydrogen) atoms. The fourth-order valence-corrected chi connectivity index (χ4v) is 3.89. The summed E-state index contributed by atoms with van der Waals surface area (Å²) in [6, 6.07) is 7.44. The Morgan fingerprint density at radius 3 is 2.56 bits per heavy atom. The average molecular weight is 344 g/mol. The van der Waals surface area contributed by atoms with Crippen LogP contribution in [0.15, 0.2) is 24.3 Å². The lowest BCUT2D eigenvalue weighted by atomic mass is 9.88. The van der Waals surface area contributed by atoms with Crippen molar-refractivity contribution in [2.45, 2.75) is 38.0 Å². The molecule has 2 N–H and O–H groups in total. The molecule has 1 aliphatic heterocycles. The van der Waals surface area contributed by atoms with Gasteiger partial charge in [0, 0.05) is 18.8 Å². The Morgan fingerprint density at radius 1 is 1.12 bits per heavy atom. The average Bonchev–Trinajstić information content (AvgIpc) is 3.04. The van der Waals surface area contributed by atoms with Crippen molar-refractivity contribution >= 4 is 23.3 Å². The first-order chi connectivity index (χ1) is 12.1. The largest absolute Gasteiger partial charge is 0.480 e. The van der Waals surface area contributed by atoms with Crippen LogP contribution in [-0.4, -0.2) is 47.3 Å². The highest BCUT2D eigenvalue weighted by molar-refractivity contribution is 6.38. The van der Waals surface area contributed by atoms with Gasteiger partial charge in [-0.25, -0.2) is 0 Å². The van der Waals surface area contributed by atoms with Gasteiger partial charge >= 0.3 is 5.97 Å². The van der Waals surface area contributed by atoms with Crippen LogP contribution in [0.25, 0.3) is 0 Å². The fraction of sp³-hybridized carbons (Fsp3) is 0.526. The van der Waals surface area contributed by atoms with Crippen molar-refractivity contribution in [2.75, 3.05) is 25.0 Å². The number of para-hydroxylation sites is 1. The summed E-state index contributed by atoms with van der Waals surface area (Å²) < 4.78 is 0. The molecule has 1 amide bonds. The van der Waals surface area contributed by atoms with E-state index in [4.69, 9.17) is 5.11 Å². The van der Waals surface area contributed by atoms with Crippen molar-refractivity contribution in [1.29, 1.82) is 0 Å². The summed E-state index contributed by atoms with van der Waals surface area (Å²) in [5.41, 5.74) is 1.68. The second-order valence-electron chi connectivity index (χ2n) is 6.97. The molecule has 1 unspecified atom stereocenters. The van der Waals surface area contributed by atoms with E-state index >= 15 is 0 Å². The van der Waals surface area contributed by atoms with Crippen LogP contribution in [0.2, 0.25) is 0 Å². The van der Waals surface area contributed by atoms with Crippen molar-refractivity contribution < 1.29 is 19.5 Å². The lowest BCUT2D eigenvalue weighted by Gasteiger charge is -2.29. The highest BCUT2D eigenvalue weighted by atomic mass is 16.4. The molecule has 6 heteroatoms. The van der Waals surface area contributed by atoms with Gasteiger partial charge in [-0.1, -0.05) is 37.5 Å². The number of benzene rings is 1. The summed E-state index contributed by atoms with van der Waals surface area (Å²) >= 11 is 0. The van der Waals surface area contributed by atoms with Crippen molar-refractivity contribution in [3.05, 3.63) is 29.8 Å². The number of nitrogens with zero attached hydrogens (tertiary/aromatic N) is 1. The number of ketones is 1. The van der Waals surface area contributed by atoms with E-state index < -0.39 is 30.1 Å². The molecular weight excluding hydrogens is 320 g/mol. The summed E-state index contributed by atoms with van der Waals surface area (Å²) in [6.45, 7) is 0.329. The summed E-state index contributed by atoms with van der Waals surface area (Å²) in [5, 5.41) is 12.3. The van der Waals surface area contributed by atoms with Crippen LogP contribution >= 0.6 is 0 Å². The first-order valence-corrected chi connectivity index (χ1v) is 8.94. The zero-order valence-corrected chi connectivity index (χ0v) is 14.2. The SMILES string of the molecule is O=C(O)CN(CC1CCCCC1)C(=O)C(=O)C1CNc2ccccc21. The molecule has 1 heterocycles. The van der Waals surface area contributed by atoms with Crippen molar-refractivity contribution in [3.8, 4) is 0 Å². The van der Waals surface area contributed by atoms with Gasteiger partial charge in [-0.3, -0.25) is 14.4 Å². The lowest BCUT2D eigenvalue weighted by Crippen LogP contribution is -2.44. The maximum atomic E-state index is 12.7. The van der Waals surface area contributed by atoms with E-state index in [-0.39, 0.29) is 0 Å². The standard InChI is InChI=1S/C19H24N2O4/c22-17(23)12-21(11-13-6-2-1-3-7-13)19(25)18(24)15-10-20-16-9-5-4-8-14(15)16/h4-5,8-9,13,15,20H,1-3,6-7,10-12H2,(H,22,23). The number of amides is 1. The molecule has 1 aromatic carbocycles. The number of anilines is 1. The maximum Gasteiger partial charge on any atom is 0.323 e. The lowest BCUT2D eigenvalue weighted by molar-refractivity contribution is -0.150. The van der Waals surface area contributed by atoms with Gasteiger partial charge < -0.3 is 15.3 Å². The first kappa shape index (κ1) is 17.5.